The highest BCUT2D eigenvalue weighted by molar-refractivity contribution is 7.80. The molecule has 0 spiro atoms. The molecule has 0 saturated carbocycles. The smallest absolute Gasteiger partial charge is 0.337 e. The number of rotatable bonds is 5. The van der Waals surface area contributed by atoms with Crippen molar-refractivity contribution >= 4 is 29.0 Å². The van der Waals surface area contributed by atoms with Crippen LogP contribution < -0.4 is 10.2 Å². The van der Waals surface area contributed by atoms with Crippen LogP contribution in [-0.2, 0) is 4.74 Å². The van der Waals surface area contributed by atoms with Crippen LogP contribution in [0.2, 0.25) is 0 Å². The molecule has 164 valence electrons. The fourth-order valence-corrected chi connectivity index (χ4v) is 4.44. The van der Waals surface area contributed by atoms with Crippen LogP contribution in [0.4, 0.5) is 5.69 Å². The molecule has 2 aromatic carbocycles. The lowest BCUT2D eigenvalue weighted by molar-refractivity contribution is 0.0601. The van der Waals surface area contributed by atoms with Gasteiger partial charge in [0.2, 0.25) is 0 Å². The number of thiocarbonyl (C=S) groups is 1. The Labute approximate surface area is 196 Å². The summed E-state index contributed by atoms with van der Waals surface area (Å²) in [4.78, 5) is 18.6. The lowest BCUT2D eigenvalue weighted by atomic mass is 10.0. The molecule has 1 fully saturated rings. The number of para-hydroxylation sites is 1. The summed E-state index contributed by atoms with van der Waals surface area (Å²) in [5.74, 6) is 1.00. The van der Waals surface area contributed by atoms with Gasteiger partial charge < -0.3 is 19.4 Å². The molecule has 5 rings (SSSR count). The van der Waals surface area contributed by atoms with Crippen LogP contribution in [-0.4, -0.2) is 23.2 Å². The Hall–Kier alpha value is -3.97. The number of nitrogens with one attached hydrogen (secondary N) is 1. The van der Waals surface area contributed by atoms with Gasteiger partial charge in [-0.15, -0.1) is 0 Å². The van der Waals surface area contributed by atoms with Crippen LogP contribution in [0.25, 0.3) is 11.3 Å². The lowest BCUT2D eigenvalue weighted by Crippen LogP contribution is -2.29. The van der Waals surface area contributed by atoms with Crippen LogP contribution in [0.1, 0.15) is 33.9 Å². The number of carbonyl (C=O) groups excluding carboxylic acids is 1. The van der Waals surface area contributed by atoms with Gasteiger partial charge in [-0.05, 0) is 60.7 Å². The monoisotopic (exact) mass is 455 g/mol. The first-order valence-corrected chi connectivity index (χ1v) is 10.9. The minimum Gasteiger partial charge on any atom is -0.465 e. The van der Waals surface area contributed by atoms with Gasteiger partial charge in [0.1, 0.15) is 17.6 Å². The van der Waals surface area contributed by atoms with E-state index in [4.69, 9.17) is 21.4 Å². The van der Waals surface area contributed by atoms with Gasteiger partial charge in [-0.1, -0.05) is 36.4 Å². The highest BCUT2D eigenvalue weighted by atomic mass is 32.1. The first kappa shape index (κ1) is 20.9. The summed E-state index contributed by atoms with van der Waals surface area (Å²) in [7, 11) is 1.37. The van der Waals surface area contributed by atoms with Crippen molar-refractivity contribution in [2.24, 2.45) is 0 Å². The minimum absolute atomic E-state index is 0.195. The summed E-state index contributed by atoms with van der Waals surface area (Å²) in [6.07, 6.45) is 1.77. The van der Waals surface area contributed by atoms with E-state index in [2.05, 4.69) is 15.2 Å². The number of ether oxygens (including phenoxy) is 1. The molecule has 0 unspecified atom stereocenters. The fourth-order valence-electron chi connectivity index (χ4n) is 4.09. The van der Waals surface area contributed by atoms with Crippen LogP contribution >= 0.6 is 12.2 Å². The normalized spacial score (nSPS) is 17.6. The van der Waals surface area contributed by atoms with Gasteiger partial charge in [0.05, 0.1) is 24.4 Å². The fraction of sp³-hybridized carbons (Fsp3) is 0.115. The Morgan fingerprint density at radius 2 is 1.85 bits per heavy atom. The second-order valence-electron chi connectivity index (χ2n) is 7.61. The van der Waals surface area contributed by atoms with Crippen molar-refractivity contribution in [3.63, 3.8) is 0 Å². The molecule has 4 aromatic rings. The van der Waals surface area contributed by atoms with Gasteiger partial charge in [-0.2, -0.15) is 0 Å². The number of hydrogen-bond acceptors (Lipinski definition) is 5. The largest absolute Gasteiger partial charge is 0.465 e. The van der Waals surface area contributed by atoms with E-state index >= 15 is 0 Å². The van der Waals surface area contributed by atoms with Gasteiger partial charge in [0.15, 0.2) is 5.11 Å². The summed E-state index contributed by atoms with van der Waals surface area (Å²) in [5, 5.41) is 4.03. The first-order valence-electron chi connectivity index (χ1n) is 10.5. The third-order valence-corrected chi connectivity index (χ3v) is 5.93. The van der Waals surface area contributed by atoms with Gasteiger partial charge in [-0.3, -0.25) is 4.98 Å². The molecular weight excluding hydrogens is 434 g/mol. The number of aromatic nitrogens is 1. The number of pyridine rings is 1. The van der Waals surface area contributed by atoms with E-state index in [1.807, 2.05) is 72.8 Å². The third-order valence-electron chi connectivity index (χ3n) is 5.62. The summed E-state index contributed by atoms with van der Waals surface area (Å²) in [6, 6.07) is 26.4. The molecule has 0 bridgehead atoms. The first-order chi connectivity index (χ1) is 16.2. The van der Waals surface area contributed by atoms with Crippen molar-refractivity contribution in [2.75, 3.05) is 12.0 Å². The van der Waals surface area contributed by atoms with Gasteiger partial charge in [-0.25, -0.2) is 4.79 Å². The lowest BCUT2D eigenvalue weighted by Gasteiger charge is -2.26. The predicted octanol–water partition coefficient (Wildman–Crippen LogP) is 5.31. The molecule has 2 atom stereocenters. The number of methoxy groups -OCH3 is 1. The van der Waals surface area contributed by atoms with E-state index < -0.39 is 0 Å². The maximum atomic E-state index is 12.0. The zero-order chi connectivity index (χ0) is 22.8. The second kappa shape index (κ2) is 8.88. The van der Waals surface area contributed by atoms with Crippen molar-refractivity contribution in [3.05, 3.63) is 108 Å². The molecule has 0 amide bonds. The Morgan fingerprint density at radius 3 is 2.61 bits per heavy atom. The van der Waals surface area contributed by atoms with Crippen molar-refractivity contribution in [2.45, 2.75) is 12.1 Å². The molecular formula is C26H21N3O3S. The Morgan fingerprint density at radius 1 is 1.03 bits per heavy atom. The molecule has 1 aliphatic rings. The van der Waals surface area contributed by atoms with Crippen molar-refractivity contribution < 1.29 is 13.9 Å². The highest BCUT2D eigenvalue weighted by Gasteiger charge is 2.42. The van der Waals surface area contributed by atoms with E-state index in [1.165, 1.54) is 7.11 Å². The molecule has 1 N–H and O–H groups in total. The number of carbonyl (C=O) groups is 1. The Kier molecular flexibility index (Phi) is 5.62. The van der Waals surface area contributed by atoms with Crippen LogP contribution in [0, 0.1) is 0 Å². The van der Waals surface area contributed by atoms with Crippen LogP contribution in [0.5, 0.6) is 0 Å². The third kappa shape index (κ3) is 3.99. The number of anilines is 1. The highest BCUT2D eigenvalue weighted by Crippen LogP contribution is 2.42. The molecule has 2 aromatic heterocycles. The van der Waals surface area contributed by atoms with E-state index in [9.17, 15) is 4.79 Å². The number of esters is 1. The maximum absolute atomic E-state index is 12.0. The minimum atomic E-state index is -0.389. The SMILES string of the molecule is COC(=O)c1cccc(-c2ccc([C@H]3[C@H](c4ccccn4)NC(=S)N3c3ccccc3)o2)c1. The predicted molar refractivity (Wildman–Crippen MR) is 130 cm³/mol. The van der Waals surface area contributed by atoms with E-state index in [0.29, 0.717) is 16.4 Å². The molecule has 1 aliphatic heterocycles. The Balaban J connectivity index is 1.57. The standard InChI is InChI=1S/C26H21N3O3S/c1-31-25(30)18-9-7-8-17(16-18)21-13-14-22(32-21)24-23(20-12-5-6-15-27-20)28-26(33)29(24)19-10-3-2-4-11-19/h2-16,23-24H,1H3,(H,28,33)/t23-,24-/m0/s1. The zero-order valence-corrected chi connectivity index (χ0v) is 18.7. The summed E-state index contributed by atoms with van der Waals surface area (Å²) >= 11 is 5.73. The Bertz CT molecular complexity index is 1290. The van der Waals surface area contributed by atoms with Crippen molar-refractivity contribution in [1.29, 1.82) is 0 Å². The molecule has 3 heterocycles. The molecule has 0 radical (unpaired) electrons. The van der Waals surface area contributed by atoms with E-state index in [0.717, 1.165) is 22.7 Å². The van der Waals surface area contributed by atoms with Crippen molar-refractivity contribution in [1.82, 2.24) is 10.3 Å². The van der Waals surface area contributed by atoms with Crippen LogP contribution in [0.15, 0.2) is 95.5 Å². The second-order valence-corrected chi connectivity index (χ2v) is 7.99. The van der Waals surface area contributed by atoms with Gasteiger partial charge >= 0.3 is 5.97 Å². The average molecular weight is 456 g/mol. The van der Waals surface area contributed by atoms with Gasteiger partial charge in [0.25, 0.3) is 0 Å². The summed E-state index contributed by atoms with van der Waals surface area (Å²) in [6.45, 7) is 0. The molecule has 33 heavy (non-hydrogen) atoms. The topological polar surface area (TPSA) is 67.6 Å². The number of hydrogen-bond donors (Lipinski definition) is 1. The number of benzene rings is 2. The maximum Gasteiger partial charge on any atom is 0.337 e. The molecule has 0 aliphatic carbocycles. The van der Waals surface area contributed by atoms with Crippen molar-refractivity contribution in [3.8, 4) is 11.3 Å². The molecule has 7 heteroatoms. The average Bonchev–Trinajstić information content (AvgIpc) is 3.49. The van der Waals surface area contributed by atoms with E-state index in [-0.39, 0.29) is 18.1 Å². The molecule has 6 nitrogen and oxygen atoms in total. The number of furan rings is 1. The van der Waals surface area contributed by atoms with Crippen LogP contribution in [0.3, 0.4) is 0 Å². The quantitative estimate of drug-likeness (QED) is 0.323. The summed E-state index contributed by atoms with van der Waals surface area (Å²) < 4.78 is 11.2. The zero-order valence-electron chi connectivity index (χ0n) is 17.8. The van der Waals surface area contributed by atoms with E-state index in [1.54, 1.807) is 18.3 Å². The summed E-state index contributed by atoms with van der Waals surface area (Å²) in [5.41, 5.74) is 3.09. The van der Waals surface area contributed by atoms with Gasteiger partial charge in [0, 0.05) is 17.4 Å². The number of nitrogens with zero attached hydrogens (tertiary/aromatic N) is 2. The molecule has 1 saturated heterocycles.